The van der Waals surface area contributed by atoms with Gasteiger partial charge in [-0.05, 0) is 22.5 Å². The summed E-state index contributed by atoms with van der Waals surface area (Å²) in [4.78, 5) is 12.0. The molecule has 1 aromatic rings. The van der Waals surface area contributed by atoms with Crippen LogP contribution in [0.25, 0.3) is 0 Å². The fourth-order valence-electron chi connectivity index (χ4n) is 2.30. The maximum Gasteiger partial charge on any atom is 0.251 e. The van der Waals surface area contributed by atoms with Gasteiger partial charge in [0.2, 0.25) is 0 Å². The van der Waals surface area contributed by atoms with E-state index in [9.17, 15) is 4.79 Å². The van der Waals surface area contributed by atoms with Crippen LogP contribution in [-0.2, 0) is 14.3 Å². The molecule has 4 heteroatoms. The van der Waals surface area contributed by atoms with Gasteiger partial charge in [0.05, 0.1) is 6.61 Å². The van der Waals surface area contributed by atoms with E-state index < -0.39 is 5.79 Å². The molecule has 3 nitrogen and oxygen atoms in total. The number of allylic oxidation sites excluding steroid dienone is 1. The lowest BCUT2D eigenvalue weighted by Crippen LogP contribution is -2.40. The van der Waals surface area contributed by atoms with Gasteiger partial charge in [0.15, 0.2) is 5.78 Å². The summed E-state index contributed by atoms with van der Waals surface area (Å²) in [6, 6.07) is 9.84. The molecule has 1 aliphatic carbocycles. The quantitative estimate of drug-likeness (QED) is 0.799. The van der Waals surface area contributed by atoms with Gasteiger partial charge in [0.25, 0.3) is 5.79 Å². The molecule has 18 heavy (non-hydrogen) atoms. The second-order valence-electron chi connectivity index (χ2n) is 4.51. The highest BCUT2D eigenvalue weighted by Gasteiger charge is 2.48. The Morgan fingerprint density at radius 2 is 2.00 bits per heavy atom. The fraction of sp³-hybridized carbons (Fsp3) is 0.357. The van der Waals surface area contributed by atoms with Crippen molar-refractivity contribution in [3.05, 3.63) is 46.5 Å². The Morgan fingerprint density at radius 1 is 1.22 bits per heavy atom. The third kappa shape index (κ3) is 2.05. The third-order valence-electron chi connectivity index (χ3n) is 3.26. The van der Waals surface area contributed by atoms with Crippen LogP contribution in [0.4, 0.5) is 0 Å². The highest BCUT2D eigenvalue weighted by Crippen LogP contribution is 2.40. The van der Waals surface area contributed by atoms with Crippen LogP contribution in [0.3, 0.4) is 0 Å². The van der Waals surface area contributed by atoms with Gasteiger partial charge in [-0.1, -0.05) is 46.3 Å². The van der Waals surface area contributed by atoms with Gasteiger partial charge < -0.3 is 9.47 Å². The van der Waals surface area contributed by atoms with E-state index in [0.717, 1.165) is 16.5 Å². The van der Waals surface area contributed by atoms with Gasteiger partial charge in [-0.3, -0.25) is 4.79 Å². The lowest BCUT2D eigenvalue weighted by atomic mass is 10.00. The number of ketones is 1. The maximum absolute atomic E-state index is 12.0. The number of carbonyl (C=O) groups is 1. The first-order valence-corrected chi connectivity index (χ1v) is 6.76. The highest BCUT2D eigenvalue weighted by atomic mass is 79.9. The predicted molar refractivity (Wildman–Crippen MR) is 70.2 cm³/mol. The molecule has 1 heterocycles. The van der Waals surface area contributed by atoms with Crippen LogP contribution in [0, 0.1) is 0 Å². The Bertz CT molecular complexity index is 497. The van der Waals surface area contributed by atoms with Crippen LogP contribution in [0.2, 0.25) is 0 Å². The summed E-state index contributed by atoms with van der Waals surface area (Å²) in [5, 5.41) is 0. The number of carbonyl (C=O) groups excluding carboxylic acids is 1. The number of halogens is 1. The Morgan fingerprint density at radius 3 is 2.78 bits per heavy atom. The normalized spacial score (nSPS) is 31.7. The molecule has 1 spiro atoms. The van der Waals surface area contributed by atoms with Crippen molar-refractivity contribution in [3.63, 3.8) is 0 Å². The number of hydrogen-bond donors (Lipinski definition) is 0. The molecule has 0 saturated carbocycles. The van der Waals surface area contributed by atoms with E-state index in [-0.39, 0.29) is 11.9 Å². The van der Waals surface area contributed by atoms with Crippen molar-refractivity contribution in [3.8, 4) is 0 Å². The van der Waals surface area contributed by atoms with E-state index in [1.807, 2.05) is 30.3 Å². The van der Waals surface area contributed by atoms with Crippen LogP contribution in [0.15, 0.2) is 40.9 Å². The Balaban J connectivity index is 1.87. The van der Waals surface area contributed by atoms with Crippen molar-refractivity contribution >= 4 is 21.7 Å². The molecule has 0 amide bonds. The Labute approximate surface area is 114 Å². The molecule has 0 N–H and O–H groups in total. The first-order chi connectivity index (χ1) is 8.70. The van der Waals surface area contributed by atoms with Gasteiger partial charge in [-0.25, -0.2) is 0 Å². The van der Waals surface area contributed by atoms with Gasteiger partial charge in [0, 0.05) is 6.42 Å². The molecule has 0 radical (unpaired) electrons. The number of benzene rings is 1. The van der Waals surface area contributed by atoms with Crippen molar-refractivity contribution in [2.24, 2.45) is 0 Å². The molecule has 0 aromatic heterocycles. The van der Waals surface area contributed by atoms with Crippen LogP contribution >= 0.6 is 15.9 Å². The van der Waals surface area contributed by atoms with E-state index in [1.54, 1.807) is 6.08 Å². The topological polar surface area (TPSA) is 35.5 Å². The van der Waals surface area contributed by atoms with Gasteiger partial charge in [0.1, 0.15) is 6.10 Å². The summed E-state index contributed by atoms with van der Waals surface area (Å²) in [6.07, 6.45) is 2.76. The Kier molecular flexibility index (Phi) is 3.09. The molecule has 2 aliphatic rings. The number of rotatable bonds is 1. The van der Waals surface area contributed by atoms with Crippen molar-refractivity contribution in [2.75, 3.05) is 6.61 Å². The molecule has 1 saturated heterocycles. The van der Waals surface area contributed by atoms with E-state index in [1.165, 1.54) is 0 Å². The number of ether oxygens (including phenoxy) is 2. The molecular formula is C14H13BrO3. The summed E-state index contributed by atoms with van der Waals surface area (Å²) in [5.74, 6) is -1.17. The van der Waals surface area contributed by atoms with Crippen LogP contribution < -0.4 is 0 Å². The standard InChI is InChI=1S/C14H13BrO3/c15-11-6-7-13(16)14(8-11)17-9-12(18-14)10-4-2-1-3-5-10/h1-5,8,12H,6-7,9H2/t12-,14-/m0/s1. The number of Topliss-reactive ketones (excluding diaryl/α,β-unsaturated/α-hetero) is 1. The average molecular weight is 309 g/mol. The van der Waals surface area contributed by atoms with Crippen molar-refractivity contribution < 1.29 is 14.3 Å². The number of hydrogen-bond acceptors (Lipinski definition) is 3. The largest absolute Gasteiger partial charge is 0.337 e. The summed E-state index contributed by atoms with van der Waals surface area (Å²) in [5.41, 5.74) is 1.04. The molecule has 2 atom stereocenters. The summed E-state index contributed by atoms with van der Waals surface area (Å²) in [7, 11) is 0. The second kappa shape index (κ2) is 4.61. The highest BCUT2D eigenvalue weighted by molar-refractivity contribution is 9.11. The zero-order valence-corrected chi connectivity index (χ0v) is 11.4. The van der Waals surface area contributed by atoms with E-state index in [4.69, 9.17) is 9.47 Å². The minimum absolute atomic E-state index is 0.00383. The van der Waals surface area contributed by atoms with Crippen LogP contribution in [-0.4, -0.2) is 18.2 Å². The molecule has 0 bridgehead atoms. The maximum atomic E-state index is 12.0. The summed E-state index contributed by atoms with van der Waals surface area (Å²) < 4.78 is 12.5. The summed E-state index contributed by atoms with van der Waals surface area (Å²) in [6.45, 7) is 0.409. The molecule has 0 unspecified atom stereocenters. The van der Waals surface area contributed by atoms with E-state index >= 15 is 0 Å². The SMILES string of the molecule is O=C1CCC(Br)=C[C@@]12OC[C@@H](c1ccccc1)O2. The molecular weight excluding hydrogens is 296 g/mol. The first-order valence-electron chi connectivity index (χ1n) is 5.97. The zero-order valence-electron chi connectivity index (χ0n) is 9.77. The summed E-state index contributed by atoms with van der Waals surface area (Å²) >= 11 is 3.43. The minimum Gasteiger partial charge on any atom is -0.337 e. The van der Waals surface area contributed by atoms with Crippen molar-refractivity contribution in [2.45, 2.75) is 24.7 Å². The smallest absolute Gasteiger partial charge is 0.251 e. The minimum atomic E-state index is -1.17. The fourth-order valence-corrected chi connectivity index (χ4v) is 2.80. The second-order valence-corrected chi connectivity index (χ2v) is 5.53. The molecule has 1 aromatic carbocycles. The average Bonchev–Trinajstić information content (AvgIpc) is 2.81. The van der Waals surface area contributed by atoms with Gasteiger partial charge in [-0.2, -0.15) is 0 Å². The first kappa shape index (κ1) is 12.1. The lowest BCUT2D eigenvalue weighted by molar-refractivity contribution is -0.169. The van der Waals surface area contributed by atoms with E-state index in [2.05, 4.69) is 15.9 Å². The lowest BCUT2D eigenvalue weighted by Gasteiger charge is -2.26. The molecule has 1 aliphatic heterocycles. The van der Waals surface area contributed by atoms with Gasteiger partial charge >= 0.3 is 0 Å². The van der Waals surface area contributed by atoms with Gasteiger partial charge in [-0.15, -0.1) is 0 Å². The molecule has 94 valence electrons. The molecule has 1 fully saturated rings. The third-order valence-corrected chi connectivity index (χ3v) is 3.89. The zero-order chi connectivity index (χ0) is 12.6. The van der Waals surface area contributed by atoms with E-state index in [0.29, 0.717) is 13.0 Å². The molecule has 3 rings (SSSR count). The predicted octanol–water partition coefficient (Wildman–Crippen LogP) is 3.11. The van der Waals surface area contributed by atoms with Crippen molar-refractivity contribution in [1.29, 1.82) is 0 Å². The monoisotopic (exact) mass is 308 g/mol. The van der Waals surface area contributed by atoms with Crippen LogP contribution in [0.1, 0.15) is 24.5 Å². The Hall–Kier alpha value is -0.970. The van der Waals surface area contributed by atoms with Crippen molar-refractivity contribution in [1.82, 2.24) is 0 Å². The van der Waals surface area contributed by atoms with Crippen LogP contribution in [0.5, 0.6) is 0 Å².